The van der Waals surface area contributed by atoms with Gasteiger partial charge in [-0.05, 0) is 24.5 Å². The SMILES string of the molecule is Cc1ccncc1C(O)Cc1ncnn1CC(C)C. The van der Waals surface area contributed by atoms with Crippen molar-refractivity contribution in [2.75, 3.05) is 0 Å². The summed E-state index contributed by atoms with van der Waals surface area (Å²) in [4.78, 5) is 8.30. The number of nitrogens with zero attached hydrogens (tertiary/aromatic N) is 4. The molecule has 102 valence electrons. The molecule has 5 nitrogen and oxygen atoms in total. The summed E-state index contributed by atoms with van der Waals surface area (Å²) >= 11 is 0. The quantitative estimate of drug-likeness (QED) is 0.892. The summed E-state index contributed by atoms with van der Waals surface area (Å²) in [7, 11) is 0. The first-order valence-electron chi connectivity index (χ1n) is 6.53. The van der Waals surface area contributed by atoms with E-state index in [9.17, 15) is 5.11 Å². The summed E-state index contributed by atoms with van der Waals surface area (Å²) in [5, 5.41) is 14.5. The van der Waals surface area contributed by atoms with Crippen LogP contribution in [0.15, 0.2) is 24.8 Å². The third kappa shape index (κ3) is 3.38. The molecule has 19 heavy (non-hydrogen) atoms. The van der Waals surface area contributed by atoms with Crippen LogP contribution < -0.4 is 0 Å². The molecule has 2 heterocycles. The molecule has 2 aromatic heterocycles. The van der Waals surface area contributed by atoms with Crippen LogP contribution in [0, 0.1) is 12.8 Å². The number of aryl methyl sites for hydroxylation is 1. The standard InChI is InChI=1S/C14H20N4O/c1-10(2)8-18-14(16-9-17-18)6-13(19)12-7-15-5-4-11(12)3/h4-5,7,9-10,13,19H,6,8H2,1-3H3. The van der Waals surface area contributed by atoms with Crippen LogP contribution in [0.1, 0.15) is 36.9 Å². The Bertz CT molecular complexity index is 536. The predicted molar refractivity (Wildman–Crippen MR) is 72.5 cm³/mol. The average Bonchev–Trinajstić information content (AvgIpc) is 2.76. The summed E-state index contributed by atoms with van der Waals surface area (Å²) in [6.45, 7) is 7.05. The zero-order chi connectivity index (χ0) is 13.8. The van der Waals surface area contributed by atoms with Gasteiger partial charge in [0.05, 0.1) is 6.10 Å². The topological polar surface area (TPSA) is 63.8 Å². The molecule has 0 saturated carbocycles. The van der Waals surface area contributed by atoms with E-state index in [4.69, 9.17) is 0 Å². The normalized spacial score (nSPS) is 12.9. The Hall–Kier alpha value is -1.75. The minimum absolute atomic E-state index is 0.458. The molecule has 1 unspecified atom stereocenters. The van der Waals surface area contributed by atoms with Gasteiger partial charge in [-0.2, -0.15) is 5.10 Å². The molecule has 5 heteroatoms. The third-order valence-corrected chi connectivity index (χ3v) is 3.05. The van der Waals surface area contributed by atoms with Crippen molar-refractivity contribution in [3.63, 3.8) is 0 Å². The summed E-state index contributed by atoms with van der Waals surface area (Å²) in [6, 6.07) is 1.90. The van der Waals surface area contributed by atoms with Crippen LogP contribution in [0.3, 0.4) is 0 Å². The van der Waals surface area contributed by atoms with Crippen molar-refractivity contribution < 1.29 is 5.11 Å². The largest absolute Gasteiger partial charge is 0.388 e. The van der Waals surface area contributed by atoms with Crippen LogP contribution in [0.5, 0.6) is 0 Å². The number of hydrogen-bond donors (Lipinski definition) is 1. The van der Waals surface area contributed by atoms with Gasteiger partial charge in [-0.25, -0.2) is 9.67 Å². The molecule has 0 spiro atoms. The fourth-order valence-corrected chi connectivity index (χ4v) is 2.05. The zero-order valence-electron chi connectivity index (χ0n) is 11.6. The van der Waals surface area contributed by atoms with E-state index in [-0.39, 0.29) is 0 Å². The van der Waals surface area contributed by atoms with E-state index in [2.05, 4.69) is 28.9 Å². The lowest BCUT2D eigenvalue weighted by Gasteiger charge is -2.14. The van der Waals surface area contributed by atoms with Crippen molar-refractivity contribution in [1.82, 2.24) is 19.7 Å². The smallest absolute Gasteiger partial charge is 0.138 e. The van der Waals surface area contributed by atoms with Gasteiger partial charge in [0.15, 0.2) is 0 Å². The van der Waals surface area contributed by atoms with Gasteiger partial charge in [0, 0.05) is 30.9 Å². The second-order valence-electron chi connectivity index (χ2n) is 5.20. The minimum atomic E-state index is -0.594. The Morgan fingerprint density at radius 3 is 2.84 bits per heavy atom. The van der Waals surface area contributed by atoms with E-state index in [0.717, 1.165) is 23.5 Å². The van der Waals surface area contributed by atoms with Gasteiger partial charge in [-0.15, -0.1) is 0 Å². The maximum Gasteiger partial charge on any atom is 0.138 e. The molecule has 0 aliphatic heterocycles. The average molecular weight is 260 g/mol. The van der Waals surface area contributed by atoms with Gasteiger partial charge in [0.25, 0.3) is 0 Å². The van der Waals surface area contributed by atoms with Crippen molar-refractivity contribution in [3.8, 4) is 0 Å². The molecule has 0 aromatic carbocycles. The minimum Gasteiger partial charge on any atom is -0.388 e. The molecular formula is C14H20N4O. The first-order valence-corrected chi connectivity index (χ1v) is 6.53. The van der Waals surface area contributed by atoms with Crippen molar-refractivity contribution in [3.05, 3.63) is 41.7 Å². The molecular weight excluding hydrogens is 240 g/mol. The van der Waals surface area contributed by atoms with Crippen molar-refractivity contribution in [1.29, 1.82) is 0 Å². The van der Waals surface area contributed by atoms with Crippen LogP contribution in [0.4, 0.5) is 0 Å². The van der Waals surface area contributed by atoms with Gasteiger partial charge in [0.2, 0.25) is 0 Å². The molecule has 0 saturated heterocycles. The number of hydrogen-bond acceptors (Lipinski definition) is 4. The fraction of sp³-hybridized carbons (Fsp3) is 0.500. The molecule has 1 N–H and O–H groups in total. The molecule has 0 aliphatic rings. The Morgan fingerprint density at radius 1 is 1.37 bits per heavy atom. The van der Waals surface area contributed by atoms with E-state index in [1.54, 1.807) is 18.7 Å². The van der Waals surface area contributed by atoms with Crippen molar-refractivity contribution in [2.24, 2.45) is 5.92 Å². The second-order valence-corrected chi connectivity index (χ2v) is 5.20. The summed E-state index contributed by atoms with van der Waals surface area (Å²) in [5.41, 5.74) is 1.89. The van der Waals surface area contributed by atoms with E-state index < -0.39 is 6.10 Å². The number of aliphatic hydroxyl groups is 1. The molecule has 2 rings (SSSR count). The number of aliphatic hydroxyl groups excluding tert-OH is 1. The third-order valence-electron chi connectivity index (χ3n) is 3.05. The number of pyridine rings is 1. The molecule has 0 amide bonds. The maximum absolute atomic E-state index is 10.3. The molecule has 0 bridgehead atoms. The van der Waals surface area contributed by atoms with Gasteiger partial charge >= 0.3 is 0 Å². The lowest BCUT2D eigenvalue weighted by molar-refractivity contribution is 0.172. The molecule has 1 atom stereocenters. The van der Waals surface area contributed by atoms with Gasteiger partial charge in [0.1, 0.15) is 12.2 Å². The monoisotopic (exact) mass is 260 g/mol. The van der Waals surface area contributed by atoms with Crippen LogP contribution in [-0.2, 0) is 13.0 Å². The van der Waals surface area contributed by atoms with Crippen LogP contribution in [0.25, 0.3) is 0 Å². The first-order chi connectivity index (χ1) is 9.08. The number of aromatic nitrogens is 4. The predicted octanol–water partition coefficient (Wildman–Crippen LogP) is 1.91. The summed E-state index contributed by atoms with van der Waals surface area (Å²) in [5.74, 6) is 1.31. The Labute approximate surface area is 113 Å². The highest BCUT2D eigenvalue weighted by Crippen LogP contribution is 2.19. The van der Waals surface area contributed by atoms with Gasteiger partial charge < -0.3 is 5.11 Å². The van der Waals surface area contributed by atoms with E-state index in [1.165, 1.54) is 0 Å². The van der Waals surface area contributed by atoms with Crippen molar-refractivity contribution >= 4 is 0 Å². The lowest BCUT2D eigenvalue weighted by atomic mass is 10.0. The molecule has 0 radical (unpaired) electrons. The Morgan fingerprint density at radius 2 is 2.16 bits per heavy atom. The fourth-order valence-electron chi connectivity index (χ4n) is 2.05. The van der Waals surface area contributed by atoms with E-state index >= 15 is 0 Å². The molecule has 0 aliphatic carbocycles. The van der Waals surface area contributed by atoms with Gasteiger partial charge in [-0.3, -0.25) is 4.98 Å². The zero-order valence-corrected chi connectivity index (χ0v) is 11.6. The van der Waals surface area contributed by atoms with Crippen molar-refractivity contribution in [2.45, 2.75) is 39.8 Å². The van der Waals surface area contributed by atoms with Gasteiger partial charge in [-0.1, -0.05) is 13.8 Å². The maximum atomic E-state index is 10.3. The summed E-state index contributed by atoms with van der Waals surface area (Å²) < 4.78 is 1.86. The van der Waals surface area contributed by atoms with Crippen LogP contribution in [0.2, 0.25) is 0 Å². The van der Waals surface area contributed by atoms with Crippen LogP contribution in [-0.4, -0.2) is 24.9 Å². The highest BCUT2D eigenvalue weighted by Gasteiger charge is 2.15. The lowest BCUT2D eigenvalue weighted by Crippen LogP contribution is -2.14. The summed E-state index contributed by atoms with van der Waals surface area (Å²) in [6.07, 6.45) is 4.85. The highest BCUT2D eigenvalue weighted by molar-refractivity contribution is 5.24. The highest BCUT2D eigenvalue weighted by atomic mass is 16.3. The Kier molecular flexibility index (Phi) is 4.27. The van der Waals surface area contributed by atoms with Crippen LogP contribution >= 0.6 is 0 Å². The molecule has 0 fully saturated rings. The molecule has 2 aromatic rings. The van der Waals surface area contributed by atoms with E-state index in [0.29, 0.717) is 12.3 Å². The Balaban J connectivity index is 2.13. The first kappa shape index (κ1) is 13.7. The number of rotatable bonds is 5. The second kappa shape index (κ2) is 5.93. The van der Waals surface area contributed by atoms with E-state index in [1.807, 2.05) is 17.7 Å².